The standard InChI is InChI=1S/C61H72B2O4/c1-11-13-15-19-25-43-35-47(45-27-21-17-22-28-45)39-49(37-43)61(50-38-44(26-20-16-14-12-2)36-48(40-50)46-29-23-18-24-30-46)55-41-51(62-64-57(3,4)58(5,6)65-62)31-33-53(55)54-34-32-52(42-56(54)61)63-66-59(7,8)60(9,10)67-63/h17-18,21-24,27-42H,11-16,19-20,25-26H2,1-10H3. The first-order valence-corrected chi connectivity index (χ1v) is 25.5. The van der Waals surface area contributed by atoms with Crippen LogP contribution in [0.2, 0.25) is 0 Å². The molecule has 346 valence electrons. The lowest BCUT2D eigenvalue weighted by Gasteiger charge is -2.36. The van der Waals surface area contributed by atoms with E-state index in [1.165, 1.54) is 105 Å². The summed E-state index contributed by atoms with van der Waals surface area (Å²) in [5.41, 5.74) is 14.5. The Balaban J connectivity index is 1.38. The molecule has 0 aromatic heterocycles. The lowest BCUT2D eigenvalue weighted by Crippen LogP contribution is -2.41. The van der Waals surface area contributed by atoms with Crippen molar-refractivity contribution < 1.29 is 18.6 Å². The van der Waals surface area contributed by atoms with Gasteiger partial charge in [-0.25, -0.2) is 0 Å². The van der Waals surface area contributed by atoms with Crippen LogP contribution in [-0.4, -0.2) is 36.6 Å². The van der Waals surface area contributed by atoms with Crippen molar-refractivity contribution in [3.63, 3.8) is 0 Å². The molecule has 67 heavy (non-hydrogen) atoms. The van der Waals surface area contributed by atoms with Crippen molar-refractivity contribution in [1.82, 2.24) is 0 Å². The molecule has 0 bridgehead atoms. The lowest BCUT2D eigenvalue weighted by molar-refractivity contribution is 0.00578. The third-order valence-electron chi connectivity index (χ3n) is 15.9. The van der Waals surface area contributed by atoms with E-state index in [0.29, 0.717) is 0 Å². The fourth-order valence-corrected chi connectivity index (χ4v) is 10.6. The minimum atomic E-state index is -0.754. The highest BCUT2D eigenvalue weighted by atomic mass is 16.7. The molecule has 0 saturated carbocycles. The van der Waals surface area contributed by atoms with Gasteiger partial charge >= 0.3 is 14.2 Å². The second-order valence-corrected chi connectivity index (χ2v) is 21.7. The number of rotatable bonds is 16. The van der Waals surface area contributed by atoms with Crippen molar-refractivity contribution in [1.29, 1.82) is 0 Å². The molecule has 9 rings (SSSR count). The topological polar surface area (TPSA) is 36.9 Å². The summed E-state index contributed by atoms with van der Waals surface area (Å²) in [5.74, 6) is 0. The van der Waals surface area contributed by atoms with E-state index < -0.39 is 42.1 Å². The molecule has 2 aliphatic heterocycles. The van der Waals surface area contributed by atoms with Crippen molar-refractivity contribution in [3.05, 3.63) is 167 Å². The average Bonchev–Trinajstić information content (AvgIpc) is 3.83. The van der Waals surface area contributed by atoms with Crippen molar-refractivity contribution in [2.24, 2.45) is 0 Å². The third-order valence-corrected chi connectivity index (χ3v) is 15.9. The van der Waals surface area contributed by atoms with E-state index in [-0.39, 0.29) is 0 Å². The smallest absolute Gasteiger partial charge is 0.399 e. The minimum Gasteiger partial charge on any atom is -0.399 e. The minimum absolute atomic E-state index is 0.484. The highest BCUT2D eigenvalue weighted by Gasteiger charge is 2.55. The third kappa shape index (κ3) is 8.93. The average molecular weight is 891 g/mol. The molecule has 0 N–H and O–H groups in total. The van der Waals surface area contributed by atoms with Gasteiger partial charge in [0.05, 0.1) is 27.8 Å². The van der Waals surface area contributed by atoms with Crippen LogP contribution in [0.25, 0.3) is 33.4 Å². The summed E-state index contributed by atoms with van der Waals surface area (Å²) < 4.78 is 27.4. The molecule has 4 nitrogen and oxygen atoms in total. The predicted octanol–water partition coefficient (Wildman–Crippen LogP) is 14.2. The van der Waals surface area contributed by atoms with E-state index in [1.807, 2.05) is 0 Å². The second kappa shape index (κ2) is 18.7. The molecule has 6 aromatic carbocycles. The molecule has 0 atom stereocenters. The SMILES string of the molecule is CCCCCCc1cc(-c2ccccc2)cc(C2(c3cc(CCCCCC)cc(-c4ccccc4)c3)c3cc(B4OC(C)(C)C(C)(C)O4)ccc3-c3ccc(B4OC(C)(C)C(C)(C)O4)cc32)c1. The zero-order valence-electron chi connectivity index (χ0n) is 42.1. The van der Waals surface area contributed by atoms with Crippen LogP contribution >= 0.6 is 0 Å². The lowest BCUT2D eigenvalue weighted by atomic mass is 9.64. The maximum absolute atomic E-state index is 6.86. The number of benzene rings is 6. The van der Waals surface area contributed by atoms with Gasteiger partial charge in [-0.05, 0) is 171 Å². The maximum atomic E-state index is 6.86. The van der Waals surface area contributed by atoms with Gasteiger partial charge in [-0.1, -0.05) is 174 Å². The zero-order chi connectivity index (χ0) is 47.2. The highest BCUT2D eigenvalue weighted by molar-refractivity contribution is 6.62. The van der Waals surface area contributed by atoms with Crippen LogP contribution in [-0.2, 0) is 36.9 Å². The summed E-state index contributed by atoms with van der Waals surface area (Å²) in [6.07, 6.45) is 11.7. The number of aryl methyl sites for hydroxylation is 2. The summed E-state index contributed by atoms with van der Waals surface area (Å²) in [6, 6.07) is 51.0. The molecule has 2 fully saturated rings. The van der Waals surface area contributed by atoms with Crippen molar-refractivity contribution in [2.75, 3.05) is 0 Å². The molecule has 1 aliphatic carbocycles. The molecule has 0 unspecified atom stereocenters. The van der Waals surface area contributed by atoms with E-state index in [1.54, 1.807) is 0 Å². The van der Waals surface area contributed by atoms with E-state index in [0.717, 1.165) is 36.6 Å². The Hall–Kier alpha value is -4.71. The number of hydrogen-bond donors (Lipinski definition) is 0. The summed E-state index contributed by atoms with van der Waals surface area (Å²) >= 11 is 0. The zero-order valence-corrected chi connectivity index (χ0v) is 42.1. The van der Waals surface area contributed by atoms with Crippen LogP contribution < -0.4 is 10.9 Å². The Morgan fingerprint density at radius 3 is 1.10 bits per heavy atom. The summed E-state index contributed by atoms with van der Waals surface area (Å²) in [4.78, 5) is 0. The molecule has 2 heterocycles. The summed E-state index contributed by atoms with van der Waals surface area (Å²) in [7, 11) is -1.04. The van der Waals surface area contributed by atoms with Crippen LogP contribution in [0.1, 0.15) is 154 Å². The van der Waals surface area contributed by atoms with Crippen molar-refractivity contribution in [3.8, 4) is 33.4 Å². The van der Waals surface area contributed by atoms with Gasteiger partial charge in [-0.3, -0.25) is 0 Å². The van der Waals surface area contributed by atoms with Gasteiger partial charge in [0.1, 0.15) is 0 Å². The molecule has 0 radical (unpaired) electrons. The van der Waals surface area contributed by atoms with Crippen molar-refractivity contribution in [2.45, 2.75) is 161 Å². The molecular formula is C61H72B2O4. The number of hydrogen-bond acceptors (Lipinski definition) is 4. The Kier molecular flexibility index (Phi) is 13.2. The summed E-state index contributed by atoms with van der Waals surface area (Å²) in [6.45, 7) is 21.8. The fourth-order valence-electron chi connectivity index (χ4n) is 10.6. The number of fused-ring (bicyclic) bond motifs is 3. The molecule has 0 amide bonds. The van der Waals surface area contributed by atoms with E-state index in [4.69, 9.17) is 18.6 Å². The van der Waals surface area contributed by atoms with E-state index in [2.05, 4.69) is 203 Å². The van der Waals surface area contributed by atoms with Gasteiger partial charge in [0, 0.05) is 0 Å². The molecule has 6 heteroatoms. The molecule has 0 spiro atoms. The molecule has 2 saturated heterocycles. The molecule has 6 aromatic rings. The predicted molar refractivity (Wildman–Crippen MR) is 282 cm³/mol. The first kappa shape index (κ1) is 47.4. The van der Waals surface area contributed by atoms with Gasteiger partial charge in [0.25, 0.3) is 0 Å². The van der Waals surface area contributed by atoms with Gasteiger partial charge in [0.2, 0.25) is 0 Å². The van der Waals surface area contributed by atoms with Crippen LogP contribution in [0.4, 0.5) is 0 Å². The molecular weight excluding hydrogens is 818 g/mol. The van der Waals surface area contributed by atoms with Crippen molar-refractivity contribution >= 4 is 25.2 Å². The first-order chi connectivity index (χ1) is 32.1. The van der Waals surface area contributed by atoms with Crippen LogP contribution in [0.5, 0.6) is 0 Å². The summed E-state index contributed by atoms with van der Waals surface area (Å²) in [5, 5.41) is 0. The van der Waals surface area contributed by atoms with Gasteiger partial charge in [-0.2, -0.15) is 0 Å². The Morgan fingerprint density at radius 2 is 0.746 bits per heavy atom. The fraction of sp³-hybridized carbons (Fsp3) is 0.410. The van der Waals surface area contributed by atoms with Crippen LogP contribution in [0.3, 0.4) is 0 Å². The molecule has 3 aliphatic rings. The number of unbranched alkanes of at least 4 members (excludes halogenated alkanes) is 6. The quantitative estimate of drug-likeness (QED) is 0.0715. The van der Waals surface area contributed by atoms with Crippen LogP contribution in [0, 0.1) is 0 Å². The monoisotopic (exact) mass is 891 g/mol. The maximum Gasteiger partial charge on any atom is 0.494 e. The largest absolute Gasteiger partial charge is 0.494 e. The van der Waals surface area contributed by atoms with E-state index >= 15 is 0 Å². The van der Waals surface area contributed by atoms with Gasteiger partial charge < -0.3 is 18.6 Å². The highest BCUT2D eigenvalue weighted by Crippen LogP contribution is 2.57. The van der Waals surface area contributed by atoms with Crippen LogP contribution in [0.15, 0.2) is 133 Å². The Morgan fingerprint density at radius 1 is 0.373 bits per heavy atom. The van der Waals surface area contributed by atoms with Gasteiger partial charge in [0.15, 0.2) is 0 Å². The Labute approximate surface area is 403 Å². The first-order valence-electron chi connectivity index (χ1n) is 25.5. The van der Waals surface area contributed by atoms with Gasteiger partial charge in [-0.15, -0.1) is 0 Å². The normalized spacial score (nSPS) is 18.3. The van der Waals surface area contributed by atoms with E-state index in [9.17, 15) is 0 Å². The Bertz CT molecular complexity index is 2480. The second-order valence-electron chi connectivity index (χ2n) is 21.7.